The van der Waals surface area contributed by atoms with Crippen LogP contribution in [0.25, 0.3) is 10.9 Å². The van der Waals surface area contributed by atoms with Gasteiger partial charge in [-0.05, 0) is 49.8 Å². The highest BCUT2D eigenvalue weighted by molar-refractivity contribution is 6.31. The normalized spacial score (nSPS) is 20.4. The lowest BCUT2D eigenvalue weighted by Gasteiger charge is -2.31. The quantitative estimate of drug-likeness (QED) is 0.351. The summed E-state index contributed by atoms with van der Waals surface area (Å²) in [6, 6.07) is 6.63. The second kappa shape index (κ2) is 10.7. The maximum atomic E-state index is 13.2. The molecule has 2 aromatic rings. The summed E-state index contributed by atoms with van der Waals surface area (Å²) in [6.07, 6.45) is 5.21. The lowest BCUT2D eigenvalue weighted by molar-refractivity contribution is -0.127. The molecule has 0 spiro atoms. The zero-order chi connectivity index (χ0) is 25.0. The van der Waals surface area contributed by atoms with Crippen LogP contribution in [0.2, 0.25) is 5.02 Å². The Balaban J connectivity index is 1.49. The molecular formula is C25H30ClN5O4. The summed E-state index contributed by atoms with van der Waals surface area (Å²) in [4.78, 5) is 40.8. The zero-order valence-electron chi connectivity index (χ0n) is 19.7. The molecule has 9 nitrogen and oxygen atoms in total. The van der Waals surface area contributed by atoms with Crippen LogP contribution in [0.3, 0.4) is 0 Å². The van der Waals surface area contributed by atoms with E-state index >= 15 is 0 Å². The molecule has 0 radical (unpaired) electrons. The largest absolute Gasteiger partial charge is 0.496 e. The SMILES string of the molecule is COc1cc(Cl)cc2[nH]c(C(=O)N[C@](C=O)(CN[C@H](C#N)C[C@@H]3CCCNC3=O)CC3CC3)cc12. The van der Waals surface area contributed by atoms with Crippen LogP contribution in [-0.2, 0) is 9.59 Å². The monoisotopic (exact) mass is 499 g/mol. The summed E-state index contributed by atoms with van der Waals surface area (Å²) in [6.45, 7) is 0.758. The Labute approximate surface area is 208 Å². The van der Waals surface area contributed by atoms with Gasteiger partial charge in [-0.2, -0.15) is 5.26 Å². The van der Waals surface area contributed by atoms with Crippen LogP contribution in [0, 0.1) is 23.2 Å². The third-order valence-corrected chi connectivity index (χ3v) is 7.02. The number of aromatic nitrogens is 1. The van der Waals surface area contributed by atoms with E-state index in [4.69, 9.17) is 16.3 Å². The standard InChI is InChI=1S/C25H30ClN5O4/c1-35-22-9-17(26)8-20-19(22)10-21(30-20)24(34)31-25(14-32,11-15-4-5-15)13-29-18(12-27)7-16-3-2-6-28-23(16)33/h8-10,14-16,18,29-30H,2-7,11,13H2,1H3,(H,28,33)(H,31,34)/t16-,18-,25-/m0/s1. The van der Waals surface area contributed by atoms with E-state index < -0.39 is 17.5 Å². The fourth-order valence-electron chi connectivity index (χ4n) is 4.71. The van der Waals surface area contributed by atoms with Crippen LogP contribution in [0.1, 0.15) is 49.0 Å². The van der Waals surface area contributed by atoms with Gasteiger partial charge in [0.05, 0.1) is 24.7 Å². The fraction of sp³-hybridized carbons (Fsp3) is 0.520. The van der Waals surface area contributed by atoms with Gasteiger partial charge in [-0.25, -0.2) is 0 Å². The van der Waals surface area contributed by atoms with Gasteiger partial charge in [0.25, 0.3) is 5.91 Å². The maximum absolute atomic E-state index is 13.2. The number of nitrogens with zero attached hydrogens (tertiary/aromatic N) is 1. The number of hydrogen-bond acceptors (Lipinski definition) is 6. The van der Waals surface area contributed by atoms with Gasteiger partial charge >= 0.3 is 0 Å². The maximum Gasteiger partial charge on any atom is 0.268 e. The van der Waals surface area contributed by atoms with Crippen molar-refractivity contribution < 1.29 is 19.1 Å². The number of fused-ring (bicyclic) bond motifs is 1. The second-order valence-corrected chi connectivity index (χ2v) is 9.99. The number of carbonyl (C=O) groups excluding carboxylic acids is 3. The molecule has 3 atom stereocenters. The molecule has 2 aliphatic rings. The minimum Gasteiger partial charge on any atom is -0.496 e. The molecule has 1 aromatic heterocycles. The average Bonchev–Trinajstić information content (AvgIpc) is 3.56. The van der Waals surface area contributed by atoms with Gasteiger partial charge in [0.1, 0.15) is 23.3 Å². The van der Waals surface area contributed by atoms with Gasteiger partial charge in [0, 0.05) is 29.4 Å². The summed E-state index contributed by atoms with van der Waals surface area (Å²) in [5, 5.41) is 19.7. The molecule has 186 valence electrons. The molecule has 1 aromatic carbocycles. The fourth-order valence-corrected chi connectivity index (χ4v) is 4.92. The molecule has 2 amide bonds. The number of rotatable bonds is 11. The summed E-state index contributed by atoms with van der Waals surface area (Å²) in [5.41, 5.74) is -0.258. The summed E-state index contributed by atoms with van der Waals surface area (Å²) < 4.78 is 5.37. The number of H-pyrrole nitrogens is 1. The molecule has 0 bridgehead atoms. The number of methoxy groups -OCH3 is 1. The lowest BCUT2D eigenvalue weighted by Crippen LogP contribution is -2.58. The number of halogens is 1. The predicted molar refractivity (Wildman–Crippen MR) is 131 cm³/mol. The molecule has 1 saturated carbocycles. The molecule has 1 aliphatic carbocycles. The van der Waals surface area contributed by atoms with Crippen molar-refractivity contribution in [1.29, 1.82) is 5.26 Å². The van der Waals surface area contributed by atoms with Crippen molar-refractivity contribution in [3.05, 3.63) is 28.9 Å². The highest BCUT2D eigenvalue weighted by Gasteiger charge is 2.39. The summed E-state index contributed by atoms with van der Waals surface area (Å²) in [5.74, 6) is 0.161. The highest BCUT2D eigenvalue weighted by atomic mass is 35.5. The van der Waals surface area contributed by atoms with Gasteiger partial charge in [-0.15, -0.1) is 0 Å². The Bertz CT molecular complexity index is 1150. The number of aldehydes is 1. The van der Waals surface area contributed by atoms with E-state index in [1.165, 1.54) is 7.11 Å². The minimum atomic E-state index is -1.18. The van der Waals surface area contributed by atoms with E-state index in [1.807, 2.05) is 0 Å². The molecule has 1 aliphatic heterocycles. The Kier molecular flexibility index (Phi) is 7.63. The summed E-state index contributed by atoms with van der Waals surface area (Å²) in [7, 11) is 1.53. The Hall–Kier alpha value is -3.09. The van der Waals surface area contributed by atoms with Crippen molar-refractivity contribution in [2.75, 3.05) is 20.2 Å². The Morgan fingerprint density at radius 1 is 1.37 bits per heavy atom. The van der Waals surface area contributed by atoms with E-state index in [0.717, 1.165) is 32.0 Å². The molecular weight excluding hydrogens is 470 g/mol. The van der Waals surface area contributed by atoms with Gasteiger partial charge in [0.15, 0.2) is 0 Å². The van der Waals surface area contributed by atoms with Crippen LogP contribution in [-0.4, -0.2) is 54.9 Å². The van der Waals surface area contributed by atoms with E-state index in [9.17, 15) is 19.6 Å². The van der Waals surface area contributed by atoms with E-state index in [0.29, 0.717) is 47.0 Å². The molecule has 1 saturated heterocycles. The van der Waals surface area contributed by atoms with Crippen molar-refractivity contribution >= 4 is 40.6 Å². The third-order valence-electron chi connectivity index (χ3n) is 6.81. The number of hydrogen-bond donors (Lipinski definition) is 4. The van der Waals surface area contributed by atoms with Crippen molar-refractivity contribution in [3.8, 4) is 11.8 Å². The first-order chi connectivity index (χ1) is 16.9. The van der Waals surface area contributed by atoms with Crippen molar-refractivity contribution in [1.82, 2.24) is 20.9 Å². The topological polar surface area (TPSA) is 136 Å². The van der Waals surface area contributed by atoms with Crippen LogP contribution in [0.5, 0.6) is 5.75 Å². The van der Waals surface area contributed by atoms with Gasteiger partial charge in [-0.3, -0.25) is 14.9 Å². The third kappa shape index (κ3) is 5.95. The molecule has 35 heavy (non-hydrogen) atoms. The van der Waals surface area contributed by atoms with E-state index in [-0.39, 0.29) is 24.1 Å². The number of piperidine rings is 1. The molecule has 10 heteroatoms. The van der Waals surface area contributed by atoms with E-state index in [1.54, 1.807) is 18.2 Å². The first-order valence-electron chi connectivity index (χ1n) is 11.9. The zero-order valence-corrected chi connectivity index (χ0v) is 20.4. The highest BCUT2D eigenvalue weighted by Crippen LogP contribution is 2.36. The van der Waals surface area contributed by atoms with Crippen LogP contribution in [0.4, 0.5) is 0 Å². The number of benzene rings is 1. The Morgan fingerprint density at radius 3 is 2.83 bits per heavy atom. The number of nitrogens with one attached hydrogen (secondary N) is 4. The predicted octanol–water partition coefficient (Wildman–Crippen LogP) is 2.70. The molecule has 4 N–H and O–H groups in total. The van der Waals surface area contributed by atoms with Gasteiger partial charge in [-0.1, -0.05) is 24.4 Å². The number of amides is 2. The minimum absolute atomic E-state index is 0.0411. The smallest absolute Gasteiger partial charge is 0.268 e. The van der Waals surface area contributed by atoms with Crippen LogP contribution in [0.15, 0.2) is 18.2 Å². The average molecular weight is 500 g/mol. The second-order valence-electron chi connectivity index (χ2n) is 9.56. The first kappa shape index (κ1) is 25.0. The van der Waals surface area contributed by atoms with Crippen LogP contribution >= 0.6 is 11.6 Å². The number of nitriles is 1. The molecule has 2 heterocycles. The molecule has 4 rings (SSSR count). The van der Waals surface area contributed by atoms with Gasteiger partial charge < -0.3 is 25.1 Å². The molecule has 2 fully saturated rings. The van der Waals surface area contributed by atoms with Crippen LogP contribution < -0.4 is 20.7 Å². The Morgan fingerprint density at radius 2 is 2.17 bits per heavy atom. The van der Waals surface area contributed by atoms with Crippen molar-refractivity contribution in [2.45, 2.75) is 50.1 Å². The number of ether oxygens (including phenoxy) is 1. The summed E-state index contributed by atoms with van der Waals surface area (Å²) >= 11 is 6.14. The number of carbonyl (C=O) groups is 3. The van der Waals surface area contributed by atoms with Crippen molar-refractivity contribution in [3.63, 3.8) is 0 Å². The lowest BCUT2D eigenvalue weighted by atomic mass is 9.90. The van der Waals surface area contributed by atoms with Crippen molar-refractivity contribution in [2.24, 2.45) is 11.8 Å². The number of aromatic amines is 1. The van der Waals surface area contributed by atoms with E-state index in [2.05, 4.69) is 27.0 Å². The van der Waals surface area contributed by atoms with Gasteiger partial charge in [0.2, 0.25) is 5.91 Å². The first-order valence-corrected chi connectivity index (χ1v) is 12.3. The molecule has 0 unspecified atom stereocenters.